The molecule has 0 unspecified atom stereocenters. The van der Waals surface area contributed by atoms with E-state index in [-0.39, 0.29) is 18.0 Å². The molecule has 0 spiro atoms. The lowest BCUT2D eigenvalue weighted by Gasteiger charge is -2.35. The molecule has 146 valence electrons. The van der Waals surface area contributed by atoms with Crippen molar-refractivity contribution in [2.75, 3.05) is 18.0 Å². The smallest absolute Gasteiger partial charge is 0.234 e. The van der Waals surface area contributed by atoms with Crippen molar-refractivity contribution >= 4 is 5.82 Å². The van der Waals surface area contributed by atoms with Crippen molar-refractivity contribution < 1.29 is 13.9 Å². The fraction of sp³-hybridized carbons (Fsp3) is 0.455. The normalized spacial score (nSPS) is 17.9. The summed E-state index contributed by atoms with van der Waals surface area (Å²) in [5.74, 6) is 0.938. The van der Waals surface area contributed by atoms with Gasteiger partial charge in [-0.1, -0.05) is 12.1 Å². The molecule has 4 rings (SSSR count). The van der Waals surface area contributed by atoms with E-state index in [1.165, 1.54) is 12.1 Å². The largest absolute Gasteiger partial charge is 0.472 e. The van der Waals surface area contributed by atoms with E-state index in [2.05, 4.69) is 11.0 Å². The van der Waals surface area contributed by atoms with E-state index < -0.39 is 0 Å². The summed E-state index contributed by atoms with van der Waals surface area (Å²) in [6.07, 6.45) is 2.91. The number of aromatic nitrogens is 1. The fourth-order valence-corrected chi connectivity index (χ4v) is 3.87. The maximum atomic E-state index is 13.1. The van der Waals surface area contributed by atoms with E-state index in [9.17, 15) is 9.65 Å². The number of nitriles is 1. The van der Waals surface area contributed by atoms with Gasteiger partial charge in [-0.25, -0.2) is 4.39 Å². The zero-order chi connectivity index (χ0) is 19.7. The molecule has 0 aliphatic carbocycles. The number of hydrogen-bond donors (Lipinski definition) is 0. The number of rotatable bonds is 4. The number of ether oxygens (including phenoxy) is 2. The number of pyridine rings is 1. The van der Waals surface area contributed by atoms with E-state index >= 15 is 0 Å². The molecule has 0 amide bonds. The third-order valence-electron chi connectivity index (χ3n) is 5.37. The van der Waals surface area contributed by atoms with Gasteiger partial charge in [-0.05, 0) is 49.9 Å². The van der Waals surface area contributed by atoms with Crippen LogP contribution in [0.3, 0.4) is 0 Å². The molecule has 3 heterocycles. The fourth-order valence-electron chi connectivity index (χ4n) is 3.87. The van der Waals surface area contributed by atoms with Crippen LogP contribution in [0.2, 0.25) is 0 Å². The Bertz CT molecular complexity index is 913. The van der Waals surface area contributed by atoms with Crippen LogP contribution in [0, 0.1) is 17.1 Å². The molecule has 2 aliphatic heterocycles. The summed E-state index contributed by atoms with van der Waals surface area (Å²) in [5, 5.41) is 9.86. The molecule has 2 aliphatic rings. The predicted octanol–water partition coefficient (Wildman–Crippen LogP) is 4.12. The van der Waals surface area contributed by atoms with Crippen LogP contribution in [-0.2, 0) is 24.4 Å². The lowest BCUT2D eigenvalue weighted by molar-refractivity contribution is -0.0401. The Kier molecular flexibility index (Phi) is 4.94. The molecule has 5 nitrogen and oxygen atoms in total. The first-order chi connectivity index (χ1) is 13.5. The first-order valence-corrected chi connectivity index (χ1v) is 9.69. The van der Waals surface area contributed by atoms with Crippen LogP contribution in [0.15, 0.2) is 24.3 Å². The summed E-state index contributed by atoms with van der Waals surface area (Å²) in [4.78, 5) is 7.00. The van der Waals surface area contributed by atoms with Crippen LogP contribution in [-0.4, -0.2) is 23.7 Å². The third kappa shape index (κ3) is 3.67. The maximum Gasteiger partial charge on any atom is 0.234 e. The van der Waals surface area contributed by atoms with Crippen molar-refractivity contribution in [1.29, 1.82) is 5.26 Å². The molecule has 0 bridgehead atoms. The summed E-state index contributed by atoms with van der Waals surface area (Å²) >= 11 is 0. The molecule has 0 saturated carbocycles. The van der Waals surface area contributed by atoms with E-state index in [1.54, 1.807) is 12.1 Å². The van der Waals surface area contributed by atoms with Crippen LogP contribution in [0.4, 0.5) is 10.2 Å². The van der Waals surface area contributed by atoms with E-state index in [4.69, 9.17) is 14.5 Å². The highest BCUT2D eigenvalue weighted by atomic mass is 19.1. The SMILES string of the molecule is CC1(C)Cc2c(C#N)c(OCc3ccc(F)cc3)nc(N3CCCC3)c2CO1. The van der Waals surface area contributed by atoms with Gasteiger partial charge in [-0.15, -0.1) is 0 Å². The summed E-state index contributed by atoms with van der Waals surface area (Å²) in [7, 11) is 0. The summed E-state index contributed by atoms with van der Waals surface area (Å²) in [5.41, 5.74) is 2.96. The number of nitrogens with zero attached hydrogens (tertiary/aromatic N) is 3. The summed E-state index contributed by atoms with van der Waals surface area (Å²) < 4.78 is 25.1. The highest BCUT2D eigenvalue weighted by Gasteiger charge is 2.34. The third-order valence-corrected chi connectivity index (χ3v) is 5.37. The molecule has 28 heavy (non-hydrogen) atoms. The zero-order valence-corrected chi connectivity index (χ0v) is 16.3. The van der Waals surface area contributed by atoms with Gasteiger partial charge in [0.05, 0.1) is 12.2 Å². The minimum atomic E-state index is -0.337. The number of hydrogen-bond acceptors (Lipinski definition) is 5. The minimum Gasteiger partial charge on any atom is -0.472 e. The Balaban J connectivity index is 1.73. The molecular formula is C22H24FN3O2. The van der Waals surface area contributed by atoms with Gasteiger partial charge < -0.3 is 14.4 Å². The first-order valence-electron chi connectivity index (χ1n) is 9.69. The van der Waals surface area contributed by atoms with Crippen LogP contribution < -0.4 is 9.64 Å². The Morgan fingerprint density at radius 3 is 2.61 bits per heavy atom. The molecule has 6 heteroatoms. The second kappa shape index (κ2) is 7.40. The van der Waals surface area contributed by atoms with Gasteiger partial charge in [0, 0.05) is 25.1 Å². The lowest BCUT2D eigenvalue weighted by Crippen LogP contribution is -2.34. The van der Waals surface area contributed by atoms with Crippen LogP contribution in [0.25, 0.3) is 0 Å². The van der Waals surface area contributed by atoms with Gasteiger partial charge in [0.25, 0.3) is 0 Å². The maximum absolute atomic E-state index is 13.1. The van der Waals surface area contributed by atoms with Gasteiger partial charge in [0.2, 0.25) is 5.88 Å². The van der Waals surface area contributed by atoms with Crippen molar-refractivity contribution in [2.45, 2.75) is 51.9 Å². The van der Waals surface area contributed by atoms with Gasteiger partial charge in [-0.2, -0.15) is 10.2 Å². The van der Waals surface area contributed by atoms with Crippen molar-refractivity contribution in [2.24, 2.45) is 0 Å². The van der Waals surface area contributed by atoms with E-state index in [0.717, 1.165) is 48.4 Å². The standard InChI is InChI=1S/C22H24FN3O2/c1-22(2)11-17-18(12-24)21(27-13-15-5-7-16(23)8-6-15)25-20(19(17)14-28-22)26-9-3-4-10-26/h5-8H,3-4,9-11,13-14H2,1-2H3. The number of anilines is 1. The quantitative estimate of drug-likeness (QED) is 0.797. The lowest BCUT2D eigenvalue weighted by atomic mass is 9.89. The van der Waals surface area contributed by atoms with Gasteiger partial charge >= 0.3 is 0 Å². The molecule has 2 aromatic rings. The Labute approximate surface area is 164 Å². The van der Waals surface area contributed by atoms with Crippen LogP contribution >= 0.6 is 0 Å². The Morgan fingerprint density at radius 1 is 1.21 bits per heavy atom. The summed E-state index contributed by atoms with van der Waals surface area (Å²) in [6.45, 7) is 6.66. The monoisotopic (exact) mass is 381 g/mol. The molecule has 1 aromatic heterocycles. The van der Waals surface area contributed by atoms with Crippen LogP contribution in [0.1, 0.15) is 48.9 Å². The number of benzene rings is 1. The van der Waals surface area contributed by atoms with Crippen molar-refractivity contribution in [3.63, 3.8) is 0 Å². The molecule has 0 radical (unpaired) electrons. The number of fused-ring (bicyclic) bond motifs is 1. The van der Waals surface area contributed by atoms with Gasteiger partial charge in [-0.3, -0.25) is 0 Å². The van der Waals surface area contributed by atoms with Gasteiger partial charge in [0.15, 0.2) is 0 Å². The van der Waals surface area contributed by atoms with E-state index in [0.29, 0.717) is 24.5 Å². The van der Waals surface area contributed by atoms with E-state index in [1.807, 2.05) is 13.8 Å². The molecule has 1 fully saturated rings. The van der Waals surface area contributed by atoms with Crippen molar-refractivity contribution in [3.8, 4) is 11.9 Å². The molecule has 0 N–H and O–H groups in total. The zero-order valence-electron chi connectivity index (χ0n) is 16.3. The average molecular weight is 381 g/mol. The number of halogens is 1. The average Bonchev–Trinajstić information content (AvgIpc) is 3.20. The first kappa shape index (κ1) is 18.7. The second-order valence-corrected chi connectivity index (χ2v) is 8.02. The van der Waals surface area contributed by atoms with Crippen molar-refractivity contribution in [1.82, 2.24) is 4.98 Å². The Hall–Kier alpha value is -2.65. The van der Waals surface area contributed by atoms with Crippen molar-refractivity contribution in [3.05, 3.63) is 52.3 Å². The van der Waals surface area contributed by atoms with Crippen LogP contribution in [0.5, 0.6) is 5.88 Å². The highest BCUT2D eigenvalue weighted by Crippen LogP contribution is 2.39. The minimum absolute atomic E-state index is 0.236. The highest BCUT2D eigenvalue weighted by molar-refractivity contribution is 5.61. The molecule has 0 atom stereocenters. The second-order valence-electron chi connectivity index (χ2n) is 8.02. The molecule has 1 aromatic carbocycles. The topological polar surface area (TPSA) is 58.4 Å². The molecule has 1 saturated heterocycles. The Morgan fingerprint density at radius 2 is 1.93 bits per heavy atom. The predicted molar refractivity (Wildman–Crippen MR) is 104 cm³/mol. The molecular weight excluding hydrogens is 357 g/mol. The van der Waals surface area contributed by atoms with Gasteiger partial charge in [0.1, 0.15) is 29.9 Å². The summed E-state index contributed by atoms with van der Waals surface area (Å²) in [6, 6.07) is 8.47.